The lowest BCUT2D eigenvalue weighted by Crippen LogP contribution is -2.42. The number of carbonyl (C=O) groups excluding carboxylic acids is 2. The van der Waals surface area contributed by atoms with Gasteiger partial charge in [0.05, 0.1) is 11.3 Å². The minimum atomic E-state index is -0.244. The molecule has 4 nitrogen and oxygen atoms in total. The summed E-state index contributed by atoms with van der Waals surface area (Å²) in [5.41, 5.74) is 7.18. The van der Waals surface area contributed by atoms with E-state index in [1.165, 1.54) is 28.2 Å². The number of rotatable bonds is 3. The van der Waals surface area contributed by atoms with Crippen molar-refractivity contribution in [1.29, 1.82) is 0 Å². The van der Waals surface area contributed by atoms with Crippen molar-refractivity contribution >= 4 is 39.1 Å². The lowest BCUT2D eigenvalue weighted by molar-refractivity contribution is -0.121. The molecule has 1 atom stereocenters. The Morgan fingerprint density at radius 1 is 1.25 bits per heavy atom. The van der Waals surface area contributed by atoms with Crippen LogP contribution in [0.5, 0.6) is 0 Å². The maximum atomic E-state index is 12.2. The van der Waals surface area contributed by atoms with Crippen molar-refractivity contribution < 1.29 is 9.59 Å². The molecule has 1 aliphatic rings. The minimum absolute atomic E-state index is 0.228. The van der Waals surface area contributed by atoms with Gasteiger partial charge in [0.15, 0.2) is 0 Å². The molecule has 0 aliphatic heterocycles. The van der Waals surface area contributed by atoms with Crippen LogP contribution < -0.4 is 10.9 Å². The standard InChI is InChI=1S/C18H19BrN2O2S/c1-11-2-7-15-13(8-11)10-16(24-15)18(23)21-20-17(22)9-12-3-5-14(19)6-4-12/h3-6,10-11H,2,7-9H2,1H3,(H,20,22)(H,21,23). The van der Waals surface area contributed by atoms with E-state index in [-0.39, 0.29) is 18.2 Å². The Balaban J connectivity index is 1.53. The van der Waals surface area contributed by atoms with E-state index >= 15 is 0 Å². The molecular weight excluding hydrogens is 388 g/mol. The van der Waals surface area contributed by atoms with Crippen LogP contribution in [0.15, 0.2) is 34.8 Å². The van der Waals surface area contributed by atoms with Gasteiger partial charge < -0.3 is 0 Å². The number of amides is 2. The molecule has 0 bridgehead atoms. The van der Waals surface area contributed by atoms with E-state index in [9.17, 15) is 9.59 Å². The molecule has 2 aromatic rings. The number of hydrogen-bond acceptors (Lipinski definition) is 3. The van der Waals surface area contributed by atoms with E-state index in [1.807, 2.05) is 30.3 Å². The molecule has 0 saturated carbocycles. The van der Waals surface area contributed by atoms with Crippen molar-refractivity contribution in [3.63, 3.8) is 0 Å². The van der Waals surface area contributed by atoms with Gasteiger partial charge in [0, 0.05) is 9.35 Å². The van der Waals surface area contributed by atoms with Crippen molar-refractivity contribution in [2.45, 2.75) is 32.6 Å². The maximum Gasteiger partial charge on any atom is 0.279 e. The molecule has 1 heterocycles. The van der Waals surface area contributed by atoms with Gasteiger partial charge in [0.1, 0.15) is 0 Å². The number of aryl methyl sites for hydroxylation is 1. The first-order valence-corrected chi connectivity index (χ1v) is 9.57. The molecule has 0 radical (unpaired) electrons. The minimum Gasteiger partial charge on any atom is -0.273 e. The predicted molar refractivity (Wildman–Crippen MR) is 99.0 cm³/mol. The highest BCUT2D eigenvalue weighted by Gasteiger charge is 2.20. The summed E-state index contributed by atoms with van der Waals surface area (Å²) in [6.07, 6.45) is 3.49. The molecule has 2 amide bonds. The van der Waals surface area contributed by atoms with Gasteiger partial charge in [-0.1, -0.05) is 35.0 Å². The monoisotopic (exact) mass is 406 g/mol. The normalized spacial score (nSPS) is 16.3. The molecule has 24 heavy (non-hydrogen) atoms. The number of carbonyl (C=O) groups is 2. The van der Waals surface area contributed by atoms with E-state index < -0.39 is 0 Å². The Kier molecular flexibility index (Phi) is 5.36. The van der Waals surface area contributed by atoms with Crippen LogP contribution in [0, 0.1) is 5.92 Å². The van der Waals surface area contributed by atoms with Crippen molar-refractivity contribution in [3.8, 4) is 0 Å². The van der Waals surface area contributed by atoms with Gasteiger partial charge in [0.25, 0.3) is 5.91 Å². The number of halogens is 1. The Labute approximate surface area is 153 Å². The molecule has 1 aromatic carbocycles. The third-order valence-electron chi connectivity index (χ3n) is 4.15. The van der Waals surface area contributed by atoms with Gasteiger partial charge in [-0.05, 0) is 54.5 Å². The molecule has 3 rings (SSSR count). The first-order chi connectivity index (χ1) is 11.5. The highest BCUT2D eigenvalue weighted by molar-refractivity contribution is 9.10. The molecule has 126 valence electrons. The average Bonchev–Trinajstić information content (AvgIpc) is 2.98. The second kappa shape index (κ2) is 7.49. The highest BCUT2D eigenvalue weighted by atomic mass is 79.9. The molecule has 1 aliphatic carbocycles. The van der Waals surface area contributed by atoms with Gasteiger partial charge >= 0.3 is 0 Å². The lowest BCUT2D eigenvalue weighted by Gasteiger charge is -2.16. The predicted octanol–water partition coefficient (Wildman–Crippen LogP) is 3.64. The fraction of sp³-hybridized carbons (Fsp3) is 0.333. The summed E-state index contributed by atoms with van der Waals surface area (Å²) >= 11 is 4.89. The zero-order valence-corrected chi connectivity index (χ0v) is 15.8. The number of hydrazine groups is 1. The summed E-state index contributed by atoms with van der Waals surface area (Å²) in [5, 5.41) is 0. The first-order valence-electron chi connectivity index (χ1n) is 7.96. The number of benzene rings is 1. The van der Waals surface area contributed by atoms with Crippen LogP contribution in [0.3, 0.4) is 0 Å². The second-order valence-corrected chi connectivity index (χ2v) is 8.27. The maximum absolute atomic E-state index is 12.2. The molecular formula is C18H19BrN2O2S. The fourth-order valence-electron chi connectivity index (χ4n) is 2.84. The molecule has 2 N–H and O–H groups in total. The van der Waals surface area contributed by atoms with Crippen molar-refractivity contribution in [2.75, 3.05) is 0 Å². The molecule has 6 heteroatoms. The van der Waals surface area contributed by atoms with E-state index in [2.05, 4.69) is 33.7 Å². The zero-order chi connectivity index (χ0) is 17.1. The summed E-state index contributed by atoms with van der Waals surface area (Å²) in [6, 6.07) is 9.49. The van der Waals surface area contributed by atoms with Crippen LogP contribution in [-0.2, 0) is 24.1 Å². The third kappa shape index (κ3) is 4.24. The van der Waals surface area contributed by atoms with Crippen LogP contribution in [0.4, 0.5) is 0 Å². The number of nitrogens with one attached hydrogen (secondary N) is 2. The van der Waals surface area contributed by atoms with Crippen LogP contribution in [0.25, 0.3) is 0 Å². The first kappa shape index (κ1) is 17.2. The quantitative estimate of drug-likeness (QED) is 0.764. The number of fused-ring (bicyclic) bond motifs is 1. The van der Waals surface area contributed by atoms with Gasteiger partial charge in [-0.25, -0.2) is 0 Å². The Hall–Kier alpha value is -1.66. The summed E-state index contributed by atoms with van der Waals surface area (Å²) in [7, 11) is 0. The van der Waals surface area contributed by atoms with E-state index in [4.69, 9.17) is 0 Å². The lowest BCUT2D eigenvalue weighted by atomic mass is 9.90. The van der Waals surface area contributed by atoms with Crippen LogP contribution in [0.1, 0.15) is 39.0 Å². The largest absolute Gasteiger partial charge is 0.279 e. The van der Waals surface area contributed by atoms with E-state index in [1.54, 1.807) is 0 Å². The van der Waals surface area contributed by atoms with Gasteiger partial charge in [0.2, 0.25) is 5.91 Å². The smallest absolute Gasteiger partial charge is 0.273 e. The highest BCUT2D eigenvalue weighted by Crippen LogP contribution is 2.32. The topological polar surface area (TPSA) is 58.2 Å². The summed E-state index contributed by atoms with van der Waals surface area (Å²) in [4.78, 5) is 26.1. The summed E-state index contributed by atoms with van der Waals surface area (Å²) in [6.45, 7) is 2.24. The van der Waals surface area contributed by atoms with Gasteiger partial charge in [-0.2, -0.15) is 0 Å². The van der Waals surface area contributed by atoms with Crippen LogP contribution in [-0.4, -0.2) is 11.8 Å². The fourth-order valence-corrected chi connectivity index (χ4v) is 4.21. The van der Waals surface area contributed by atoms with Crippen molar-refractivity contribution in [3.05, 3.63) is 55.7 Å². The van der Waals surface area contributed by atoms with Crippen LogP contribution >= 0.6 is 27.3 Å². The summed E-state index contributed by atoms with van der Waals surface area (Å²) in [5.74, 6) is 0.195. The third-order valence-corrected chi connectivity index (χ3v) is 5.91. The van der Waals surface area contributed by atoms with Crippen molar-refractivity contribution in [1.82, 2.24) is 10.9 Å². The second-order valence-electron chi connectivity index (χ2n) is 6.21. The van der Waals surface area contributed by atoms with E-state index in [0.717, 1.165) is 22.9 Å². The Morgan fingerprint density at radius 2 is 2.00 bits per heavy atom. The van der Waals surface area contributed by atoms with Crippen molar-refractivity contribution in [2.24, 2.45) is 5.92 Å². The SMILES string of the molecule is CC1CCc2sc(C(=O)NNC(=O)Cc3ccc(Br)cc3)cc2C1. The molecule has 1 unspecified atom stereocenters. The molecule has 0 saturated heterocycles. The number of hydrogen-bond donors (Lipinski definition) is 2. The number of thiophene rings is 1. The summed E-state index contributed by atoms with van der Waals surface area (Å²) < 4.78 is 0.968. The van der Waals surface area contributed by atoms with E-state index in [0.29, 0.717) is 10.8 Å². The van der Waals surface area contributed by atoms with Crippen LogP contribution in [0.2, 0.25) is 0 Å². The molecule has 1 aromatic heterocycles. The Bertz CT molecular complexity index is 755. The van der Waals surface area contributed by atoms with Gasteiger partial charge in [-0.15, -0.1) is 11.3 Å². The molecule has 0 spiro atoms. The Morgan fingerprint density at radius 3 is 2.75 bits per heavy atom. The van der Waals surface area contributed by atoms with Gasteiger partial charge in [-0.3, -0.25) is 20.4 Å². The molecule has 0 fully saturated rings. The zero-order valence-electron chi connectivity index (χ0n) is 13.4. The average molecular weight is 407 g/mol.